The first-order chi connectivity index (χ1) is 9.74. The van der Waals surface area contributed by atoms with Crippen molar-refractivity contribution in [2.45, 2.75) is 31.7 Å². The molecule has 0 spiro atoms. The zero-order chi connectivity index (χ0) is 13.9. The van der Waals surface area contributed by atoms with E-state index in [4.69, 9.17) is 10.5 Å². The Morgan fingerprint density at radius 3 is 2.75 bits per heavy atom. The van der Waals surface area contributed by atoms with E-state index in [9.17, 15) is 4.79 Å². The molecule has 1 amide bonds. The van der Waals surface area contributed by atoms with Gasteiger partial charge >= 0.3 is 0 Å². The Bertz CT molecular complexity index is 479. The van der Waals surface area contributed by atoms with Crippen LogP contribution < -0.4 is 16.0 Å². The lowest BCUT2D eigenvalue weighted by atomic mass is 10.2. The van der Waals surface area contributed by atoms with Crippen molar-refractivity contribution in [1.82, 2.24) is 10.3 Å². The molecule has 3 N–H and O–H groups in total. The maximum absolute atomic E-state index is 12.3. The molecule has 0 atom stereocenters. The minimum absolute atomic E-state index is 0.0774. The predicted molar refractivity (Wildman–Crippen MR) is 79.3 cm³/mol. The molecule has 1 aliphatic carbocycles. The van der Waals surface area contributed by atoms with E-state index in [1.165, 1.54) is 24.2 Å². The summed E-state index contributed by atoms with van der Waals surface area (Å²) in [6.45, 7) is 3.00. The summed E-state index contributed by atoms with van der Waals surface area (Å²) in [5.74, 6) is 0.262. The average Bonchev–Trinajstić information content (AvgIpc) is 3.09. The molecule has 3 rings (SSSR count). The number of rotatable bonds is 3. The number of carbonyl (C=O) groups is 1. The summed E-state index contributed by atoms with van der Waals surface area (Å²) in [6.07, 6.45) is 4.53. The number of nitrogens with two attached hydrogens (primary N) is 1. The molecule has 2 heterocycles. The average molecular weight is 296 g/mol. The van der Waals surface area contributed by atoms with Crippen molar-refractivity contribution in [2.75, 3.05) is 36.9 Å². The maximum Gasteiger partial charge on any atom is 0.265 e. The Morgan fingerprint density at radius 2 is 2.05 bits per heavy atom. The van der Waals surface area contributed by atoms with E-state index < -0.39 is 0 Å². The van der Waals surface area contributed by atoms with Crippen LogP contribution in [-0.4, -0.2) is 43.2 Å². The number of morpholine rings is 1. The van der Waals surface area contributed by atoms with E-state index in [1.807, 2.05) is 0 Å². The van der Waals surface area contributed by atoms with Gasteiger partial charge in [0.15, 0.2) is 5.13 Å². The molecule has 0 aromatic carbocycles. The van der Waals surface area contributed by atoms with Crippen LogP contribution in [0.1, 0.15) is 35.4 Å². The van der Waals surface area contributed by atoms with Crippen LogP contribution in [0.3, 0.4) is 0 Å². The van der Waals surface area contributed by atoms with E-state index in [-0.39, 0.29) is 5.91 Å². The quantitative estimate of drug-likeness (QED) is 0.877. The zero-order valence-electron chi connectivity index (χ0n) is 11.4. The van der Waals surface area contributed by atoms with Gasteiger partial charge in [-0.1, -0.05) is 24.2 Å². The van der Waals surface area contributed by atoms with Gasteiger partial charge in [-0.15, -0.1) is 0 Å². The molecule has 20 heavy (non-hydrogen) atoms. The molecule has 7 heteroatoms. The molecule has 6 nitrogen and oxygen atoms in total. The summed E-state index contributed by atoms with van der Waals surface area (Å²) < 4.78 is 5.32. The molecular formula is C13H20N4O2S. The predicted octanol–water partition coefficient (Wildman–Crippen LogP) is 1.23. The number of amides is 1. The van der Waals surface area contributed by atoms with Gasteiger partial charge < -0.3 is 20.7 Å². The lowest BCUT2D eigenvalue weighted by molar-refractivity contribution is 0.0942. The van der Waals surface area contributed by atoms with Crippen LogP contribution in [0.2, 0.25) is 0 Å². The molecular weight excluding hydrogens is 276 g/mol. The second-order valence-corrected chi connectivity index (χ2v) is 6.24. The second kappa shape index (κ2) is 5.97. The molecule has 110 valence electrons. The highest BCUT2D eigenvalue weighted by molar-refractivity contribution is 7.18. The monoisotopic (exact) mass is 296 g/mol. The van der Waals surface area contributed by atoms with Gasteiger partial charge in [0.2, 0.25) is 0 Å². The molecule has 1 aromatic rings. The van der Waals surface area contributed by atoms with Gasteiger partial charge in [0, 0.05) is 19.1 Å². The van der Waals surface area contributed by atoms with Gasteiger partial charge in [0.1, 0.15) is 10.7 Å². The number of ether oxygens (including phenoxy) is 1. The van der Waals surface area contributed by atoms with Crippen LogP contribution in [0.25, 0.3) is 0 Å². The molecule has 1 aliphatic heterocycles. The Labute approximate surface area is 122 Å². The summed E-state index contributed by atoms with van der Waals surface area (Å²) in [5, 5.41) is 3.88. The van der Waals surface area contributed by atoms with Gasteiger partial charge in [-0.2, -0.15) is 0 Å². The first kappa shape index (κ1) is 13.6. The summed E-state index contributed by atoms with van der Waals surface area (Å²) in [7, 11) is 0. The van der Waals surface area contributed by atoms with Crippen LogP contribution in [-0.2, 0) is 4.74 Å². The van der Waals surface area contributed by atoms with Crippen LogP contribution in [0.5, 0.6) is 0 Å². The van der Waals surface area contributed by atoms with E-state index in [0.717, 1.165) is 31.1 Å². The fraction of sp³-hybridized carbons (Fsp3) is 0.692. The molecule has 0 radical (unpaired) electrons. The highest BCUT2D eigenvalue weighted by atomic mass is 32.1. The van der Waals surface area contributed by atoms with Crippen LogP contribution in [0.4, 0.5) is 10.9 Å². The third-order valence-corrected chi connectivity index (χ3v) is 4.95. The number of thiazole rings is 1. The SMILES string of the molecule is Nc1nc(N2CCOCC2)sc1C(=O)NC1CCCC1. The van der Waals surface area contributed by atoms with Gasteiger partial charge in [0.05, 0.1) is 13.2 Å². The zero-order valence-corrected chi connectivity index (χ0v) is 12.2. The smallest absolute Gasteiger partial charge is 0.265 e. The summed E-state index contributed by atoms with van der Waals surface area (Å²) in [5.41, 5.74) is 5.90. The molecule has 0 bridgehead atoms. The summed E-state index contributed by atoms with van der Waals surface area (Å²) >= 11 is 1.38. The summed E-state index contributed by atoms with van der Waals surface area (Å²) in [4.78, 5) is 19.3. The Morgan fingerprint density at radius 1 is 1.35 bits per heavy atom. The number of hydrogen-bond donors (Lipinski definition) is 2. The number of aromatic nitrogens is 1. The minimum Gasteiger partial charge on any atom is -0.382 e. The van der Waals surface area contributed by atoms with Crippen LogP contribution in [0.15, 0.2) is 0 Å². The lowest BCUT2D eigenvalue weighted by Crippen LogP contribution is -2.36. The number of anilines is 2. The van der Waals surface area contributed by atoms with Gasteiger partial charge in [-0.25, -0.2) is 4.98 Å². The third kappa shape index (κ3) is 2.88. The Kier molecular flexibility index (Phi) is 4.07. The minimum atomic E-state index is -0.0774. The number of nitrogens with one attached hydrogen (secondary N) is 1. The third-order valence-electron chi connectivity index (χ3n) is 3.82. The van der Waals surface area contributed by atoms with E-state index >= 15 is 0 Å². The van der Waals surface area contributed by atoms with Crippen molar-refractivity contribution < 1.29 is 9.53 Å². The van der Waals surface area contributed by atoms with Crippen molar-refractivity contribution in [3.63, 3.8) is 0 Å². The second-order valence-electron chi connectivity index (χ2n) is 5.27. The fourth-order valence-electron chi connectivity index (χ4n) is 2.69. The standard InChI is InChI=1S/C13H20N4O2S/c14-11-10(12(18)15-9-3-1-2-4-9)20-13(16-11)17-5-7-19-8-6-17/h9H,1-8,14H2,(H,15,18). The summed E-state index contributed by atoms with van der Waals surface area (Å²) in [6, 6.07) is 0.302. The van der Waals surface area contributed by atoms with Crippen molar-refractivity contribution in [1.29, 1.82) is 0 Å². The van der Waals surface area contributed by atoms with E-state index in [0.29, 0.717) is 30.0 Å². The van der Waals surface area contributed by atoms with Crippen molar-refractivity contribution >= 4 is 28.2 Å². The Hall–Kier alpha value is -1.34. The highest BCUT2D eigenvalue weighted by Gasteiger charge is 2.24. The van der Waals surface area contributed by atoms with Crippen molar-refractivity contribution in [3.8, 4) is 0 Å². The van der Waals surface area contributed by atoms with Crippen LogP contribution >= 0.6 is 11.3 Å². The lowest BCUT2D eigenvalue weighted by Gasteiger charge is -2.25. The molecule has 2 fully saturated rings. The molecule has 2 aliphatic rings. The number of nitrogens with zero attached hydrogens (tertiary/aromatic N) is 2. The van der Waals surface area contributed by atoms with Gasteiger partial charge in [-0.05, 0) is 12.8 Å². The Balaban J connectivity index is 1.69. The molecule has 1 saturated carbocycles. The van der Waals surface area contributed by atoms with Crippen molar-refractivity contribution in [2.24, 2.45) is 0 Å². The van der Waals surface area contributed by atoms with E-state index in [1.54, 1.807) is 0 Å². The van der Waals surface area contributed by atoms with Crippen LogP contribution in [0, 0.1) is 0 Å². The topological polar surface area (TPSA) is 80.5 Å². The first-order valence-electron chi connectivity index (χ1n) is 7.14. The number of carbonyl (C=O) groups excluding carboxylic acids is 1. The fourth-order valence-corrected chi connectivity index (χ4v) is 3.63. The molecule has 1 saturated heterocycles. The van der Waals surface area contributed by atoms with E-state index in [2.05, 4.69) is 15.2 Å². The normalized spacial score (nSPS) is 20.3. The first-order valence-corrected chi connectivity index (χ1v) is 7.95. The molecule has 1 aromatic heterocycles. The number of nitrogen functional groups attached to an aromatic ring is 1. The molecule has 0 unspecified atom stereocenters. The largest absolute Gasteiger partial charge is 0.382 e. The highest BCUT2D eigenvalue weighted by Crippen LogP contribution is 2.29. The maximum atomic E-state index is 12.3. The van der Waals surface area contributed by atoms with Crippen molar-refractivity contribution in [3.05, 3.63) is 4.88 Å². The number of hydrogen-bond acceptors (Lipinski definition) is 6. The van der Waals surface area contributed by atoms with Gasteiger partial charge in [-0.3, -0.25) is 4.79 Å². The van der Waals surface area contributed by atoms with Gasteiger partial charge in [0.25, 0.3) is 5.91 Å².